The highest BCUT2D eigenvalue weighted by atomic mass is 32.2. The molecule has 0 saturated carbocycles. The van der Waals surface area contributed by atoms with E-state index >= 15 is 0 Å². The highest BCUT2D eigenvalue weighted by Gasteiger charge is 2.07. The Kier molecular flexibility index (Phi) is 7.08. The molecule has 4 nitrogen and oxygen atoms in total. The second kappa shape index (κ2) is 9.30. The second-order valence-corrected chi connectivity index (χ2v) is 6.90. The normalized spacial score (nSPS) is 10.1. The van der Waals surface area contributed by atoms with Gasteiger partial charge in [-0.3, -0.25) is 4.79 Å². The number of nitrogens with zero attached hydrogens (tertiary/aromatic N) is 1. The largest absolute Gasteiger partial charge is 0.362 e. The minimum atomic E-state index is -0.0137. The molecule has 24 heavy (non-hydrogen) atoms. The van der Waals surface area contributed by atoms with E-state index in [4.69, 9.17) is 12.2 Å². The summed E-state index contributed by atoms with van der Waals surface area (Å²) in [7, 11) is 3.47. The Hall–Kier alpha value is -2.05. The molecule has 0 bridgehead atoms. The van der Waals surface area contributed by atoms with Gasteiger partial charge >= 0.3 is 0 Å². The molecule has 0 atom stereocenters. The summed E-state index contributed by atoms with van der Waals surface area (Å²) in [4.78, 5) is 14.6. The van der Waals surface area contributed by atoms with Crippen molar-refractivity contribution in [2.24, 2.45) is 0 Å². The predicted molar refractivity (Wildman–Crippen MR) is 106 cm³/mol. The number of anilines is 1. The molecule has 0 aliphatic heterocycles. The van der Waals surface area contributed by atoms with Crippen molar-refractivity contribution in [3.05, 3.63) is 60.2 Å². The van der Waals surface area contributed by atoms with Crippen molar-refractivity contribution in [1.29, 1.82) is 0 Å². The van der Waals surface area contributed by atoms with Crippen LogP contribution in [0.3, 0.4) is 0 Å². The van der Waals surface area contributed by atoms with E-state index in [1.54, 1.807) is 42.9 Å². The Labute approximate surface area is 152 Å². The maximum absolute atomic E-state index is 11.8. The molecule has 2 N–H and O–H groups in total. The average Bonchev–Trinajstić information content (AvgIpc) is 2.59. The first-order valence-electron chi connectivity index (χ1n) is 7.60. The van der Waals surface area contributed by atoms with Crippen molar-refractivity contribution in [1.82, 2.24) is 10.2 Å². The SMILES string of the molecule is CN(C)C(=O)c1ccc(NC(=S)NCCSc2ccccc2)cc1. The fourth-order valence-corrected chi connectivity index (χ4v) is 2.99. The summed E-state index contributed by atoms with van der Waals surface area (Å²) in [6.07, 6.45) is 0. The molecule has 2 aromatic rings. The Bertz CT molecular complexity index is 672. The monoisotopic (exact) mass is 359 g/mol. The van der Waals surface area contributed by atoms with Gasteiger partial charge in [0.1, 0.15) is 0 Å². The molecule has 1 amide bonds. The lowest BCUT2D eigenvalue weighted by molar-refractivity contribution is 0.0827. The summed E-state index contributed by atoms with van der Waals surface area (Å²) in [5, 5.41) is 6.88. The first kappa shape index (κ1) is 18.3. The molecule has 0 aromatic heterocycles. The predicted octanol–water partition coefficient (Wildman–Crippen LogP) is 3.47. The molecule has 0 saturated heterocycles. The van der Waals surface area contributed by atoms with Gasteiger partial charge in [-0.25, -0.2) is 0 Å². The first-order chi connectivity index (χ1) is 11.6. The summed E-state index contributed by atoms with van der Waals surface area (Å²) >= 11 is 7.07. The smallest absolute Gasteiger partial charge is 0.253 e. The van der Waals surface area contributed by atoms with Crippen LogP contribution < -0.4 is 10.6 Å². The lowest BCUT2D eigenvalue weighted by atomic mass is 10.2. The summed E-state index contributed by atoms with van der Waals surface area (Å²) in [6.45, 7) is 0.780. The number of thioether (sulfide) groups is 1. The third-order valence-corrected chi connectivity index (χ3v) is 4.46. The van der Waals surface area contributed by atoms with Crippen molar-refractivity contribution < 1.29 is 4.79 Å². The molecular weight excluding hydrogens is 338 g/mol. The number of hydrogen-bond acceptors (Lipinski definition) is 3. The second-order valence-electron chi connectivity index (χ2n) is 5.32. The average molecular weight is 360 g/mol. The number of benzene rings is 2. The number of amides is 1. The molecule has 0 unspecified atom stereocenters. The number of hydrogen-bond donors (Lipinski definition) is 2. The van der Waals surface area contributed by atoms with E-state index in [1.807, 2.05) is 30.3 Å². The molecule has 2 aromatic carbocycles. The van der Waals surface area contributed by atoms with E-state index in [2.05, 4.69) is 22.8 Å². The fraction of sp³-hybridized carbons (Fsp3) is 0.222. The number of carbonyl (C=O) groups is 1. The minimum Gasteiger partial charge on any atom is -0.362 e. The Balaban J connectivity index is 1.73. The van der Waals surface area contributed by atoms with Crippen LogP contribution in [0.15, 0.2) is 59.5 Å². The zero-order valence-electron chi connectivity index (χ0n) is 13.8. The number of carbonyl (C=O) groups excluding carboxylic acids is 1. The van der Waals surface area contributed by atoms with Crippen LogP contribution >= 0.6 is 24.0 Å². The molecule has 126 valence electrons. The Morgan fingerprint density at radius 3 is 2.38 bits per heavy atom. The highest BCUT2D eigenvalue weighted by molar-refractivity contribution is 7.99. The zero-order chi connectivity index (χ0) is 17.4. The van der Waals surface area contributed by atoms with Gasteiger partial charge in [-0.2, -0.15) is 0 Å². The van der Waals surface area contributed by atoms with Gasteiger partial charge in [0.25, 0.3) is 5.91 Å². The quantitative estimate of drug-likeness (QED) is 0.470. The van der Waals surface area contributed by atoms with E-state index in [1.165, 1.54) is 4.90 Å². The third kappa shape index (κ3) is 5.86. The number of thiocarbonyl (C=S) groups is 1. The van der Waals surface area contributed by atoms with Crippen molar-refractivity contribution in [2.45, 2.75) is 4.90 Å². The molecule has 0 fully saturated rings. The van der Waals surface area contributed by atoms with Crippen molar-refractivity contribution in [3.8, 4) is 0 Å². The summed E-state index contributed by atoms with van der Waals surface area (Å²) in [5.41, 5.74) is 1.52. The Morgan fingerprint density at radius 2 is 1.75 bits per heavy atom. The van der Waals surface area contributed by atoms with Crippen LogP contribution in [0.5, 0.6) is 0 Å². The van der Waals surface area contributed by atoms with Crippen LogP contribution in [-0.2, 0) is 0 Å². The van der Waals surface area contributed by atoms with Gasteiger partial charge in [-0.05, 0) is 48.6 Å². The van der Waals surface area contributed by atoms with Gasteiger partial charge in [0.05, 0.1) is 0 Å². The van der Waals surface area contributed by atoms with Crippen LogP contribution in [0.25, 0.3) is 0 Å². The van der Waals surface area contributed by atoms with Gasteiger partial charge < -0.3 is 15.5 Å². The minimum absolute atomic E-state index is 0.0137. The molecule has 0 aliphatic rings. The van der Waals surface area contributed by atoms with Crippen LogP contribution in [0, 0.1) is 0 Å². The molecule has 0 aliphatic carbocycles. The molecular formula is C18H21N3OS2. The van der Waals surface area contributed by atoms with E-state index in [-0.39, 0.29) is 5.91 Å². The molecule has 0 spiro atoms. The van der Waals surface area contributed by atoms with E-state index < -0.39 is 0 Å². The van der Waals surface area contributed by atoms with Gasteiger partial charge in [-0.15, -0.1) is 11.8 Å². The van der Waals surface area contributed by atoms with E-state index in [0.717, 1.165) is 18.0 Å². The standard InChI is InChI=1S/C18H21N3OS2/c1-21(2)17(22)14-8-10-15(11-9-14)20-18(23)19-12-13-24-16-6-4-3-5-7-16/h3-11H,12-13H2,1-2H3,(H2,19,20,23). The number of nitrogens with one attached hydrogen (secondary N) is 2. The van der Waals surface area contributed by atoms with Gasteiger partial charge in [-0.1, -0.05) is 18.2 Å². The molecule has 6 heteroatoms. The topological polar surface area (TPSA) is 44.4 Å². The molecule has 0 heterocycles. The number of rotatable bonds is 6. The fourth-order valence-electron chi connectivity index (χ4n) is 1.98. The van der Waals surface area contributed by atoms with Crippen LogP contribution in [0.2, 0.25) is 0 Å². The summed E-state index contributed by atoms with van der Waals surface area (Å²) in [5.74, 6) is 0.919. The molecule has 2 rings (SSSR count). The first-order valence-corrected chi connectivity index (χ1v) is 9.00. The Morgan fingerprint density at radius 1 is 1.08 bits per heavy atom. The van der Waals surface area contributed by atoms with Gasteiger partial charge in [0, 0.05) is 42.5 Å². The van der Waals surface area contributed by atoms with Crippen molar-refractivity contribution in [3.63, 3.8) is 0 Å². The van der Waals surface area contributed by atoms with Gasteiger partial charge in [0.2, 0.25) is 0 Å². The van der Waals surface area contributed by atoms with Crippen LogP contribution in [-0.4, -0.2) is 42.3 Å². The van der Waals surface area contributed by atoms with Crippen LogP contribution in [0.4, 0.5) is 5.69 Å². The molecule has 0 radical (unpaired) electrons. The lowest BCUT2D eigenvalue weighted by Gasteiger charge is -2.12. The summed E-state index contributed by atoms with van der Waals surface area (Å²) in [6, 6.07) is 17.6. The van der Waals surface area contributed by atoms with Crippen molar-refractivity contribution >= 4 is 40.7 Å². The van der Waals surface area contributed by atoms with E-state index in [0.29, 0.717) is 10.7 Å². The summed E-state index contributed by atoms with van der Waals surface area (Å²) < 4.78 is 0. The highest BCUT2D eigenvalue weighted by Crippen LogP contribution is 2.16. The van der Waals surface area contributed by atoms with Crippen molar-refractivity contribution in [2.75, 3.05) is 31.7 Å². The third-order valence-electron chi connectivity index (χ3n) is 3.20. The zero-order valence-corrected chi connectivity index (χ0v) is 15.4. The van der Waals surface area contributed by atoms with Gasteiger partial charge in [0.15, 0.2) is 5.11 Å². The van der Waals surface area contributed by atoms with Crippen LogP contribution in [0.1, 0.15) is 10.4 Å². The van der Waals surface area contributed by atoms with E-state index in [9.17, 15) is 4.79 Å². The maximum Gasteiger partial charge on any atom is 0.253 e. The maximum atomic E-state index is 11.8. The lowest BCUT2D eigenvalue weighted by Crippen LogP contribution is -2.30.